The van der Waals surface area contributed by atoms with Crippen molar-refractivity contribution in [2.24, 2.45) is 5.92 Å². The van der Waals surface area contributed by atoms with E-state index in [1.165, 1.54) is 9.71 Å². The Bertz CT molecular complexity index is 721. The van der Waals surface area contributed by atoms with Crippen molar-refractivity contribution in [2.45, 2.75) is 31.6 Å². The van der Waals surface area contributed by atoms with Crippen molar-refractivity contribution < 1.29 is 9.59 Å². The smallest absolute Gasteiger partial charge is 0.227 e. The quantitative estimate of drug-likeness (QED) is 0.911. The Hall–Kier alpha value is -1.95. The molecule has 126 valence electrons. The highest BCUT2D eigenvalue weighted by atomic mass is 32.1. The first-order chi connectivity index (χ1) is 11.7. The van der Waals surface area contributed by atoms with Gasteiger partial charge in [0.05, 0.1) is 21.1 Å². The van der Waals surface area contributed by atoms with Gasteiger partial charge in [-0.05, 0) is 31.4 Å². The number of para-hydroxylation sites is 1. The van der Waals surface area contributed by atoms with E-state index in [1.807, 2.05) is 11.0 Å². The molecule has 6 heteroatoms. The summed E-state index contributed by atoms with van der Waals surface area (Å²) in [7, 11) is 0. The summed E-state index contributed by atoms with van der Waals surface area (Å²) in [5.74, 6) is 0.686. The molecule has 1 atom stereocenters. The van der Waals surface area contributed by atoms with Gasteiger partial charge in [-0.3, -0.25) is 9.59 Å². The average molecular weight is 343 g/mol. The maximum atomic E-state index is 12.6. The lowest BCUT2D eigenvalue weighted by atomic mass is 9.93. The number of carbonyl (C=O) groups is 2. The molecule has 2 fully saturated rings. The van der Waals surface area contributed by atoms with Gasteiger partial charge in [-0.25, -0.2) is 4.98 Å². The van der Waals surface area contributed by atoms with Crippen LogP contribution >= 0.6 is 11.3 Å². The first kappa shape index (κ1) is 15.6. The van der Waals surface area contributed by atoms with Crippen molar-refractivity contribution in [3.8, 4) is 0 Å². The predicted molar refractivity (Wildman–Crippen MR) is 93.9 cm³/mol. The van der Waals surface area contributed by atoms with Gasteiger partial charge in [0, 0.05) is 32.0 Å². The number of amides is 2. The third-order valence-electron chi connectivity index (χ3n) is 5.08. The second-order valence-corrected chi connectivity index (χ2v) is 7.72. The van der Waals surface area contributed by atoms with Crippen LogP contribution in [0, 0.1) is 5.92 Å². The van der Waals surface area contributed by atoms with Crippen molar-refractivity contribution in [1.82, 2.24) is 15.2 Å². The van der Waals surface area contributed by atoms with Crippen molar-refractivity contribution in [2.75, 3.05) is 19.6 Å². The van der Waals surface area contributed by atoms with E-state index in [9.17, 15) is 9.59 Å². The number of nitrogens with zero attached hydrogens (tertiary/aromatic N) is 2. The minimum Gasteiger partial charge on any atom is -0.355 e. The second kappa shape index (κ2) is 6.51. The molecule has 24 heavy (non-hydrogen) atoms. The van der Waals surface area contributed by atoms with Crippen molar-refractivity contribution >= 4 is 33.4 Å². The van der Waals surface area contributed by atoms with Gasteiger partial charge in [-0.1, -0.05) is 12.1 Å². The molecule has 4 rings (SSSR count). The van der Waals surface area contributed by atoms with Gasteiger partial charge in [-0.15, -0.1) is 11.3 Å². The summed E-state index contributed by atoms with van der Waals surface area (Å²) in [6.45, 7) is 2.09. The van der Waals surface area contributed by atoms with Crippen LogP contribution in [0.3, 0.4) is 0 Å². The number of aromatic nitrogens is 1. The van der Waals surface area contributed by atoms with Gasteiger partial charge >= 0.3 is 0 Å². The average Bonchev–Trinajstić information content (AvgIpc) is 3.06. The number of hydrogen-bond acceptors (Lipinski definition) is 4. The topological polar surface area (TPSA) is 62.3 Å². The van der Waals surface area contributed by atoms with E-state index < -0.39 is 0 Å². The van der Waals surface area contributed by atoms with Crippen LogP contribution in [0.15, 0.2) is 24.3 Å². The zero-order valence-electron chi connectivity index (χ0n) is 13.5. The number of piperidine rings is 2. The minimum atomic E-state index is -0.0401. The van der Waals surface area contributed by atoms with Gasteiger partial charge in [0.25, 0.3) is 0 Å². The number of hydrogen-bond donors (Lipinski definition) is 1. The van der Waals surface area contributed by atoms with Crippen LogP contribution in [0.1, 0.15) is 36.6 Å². The standard InChI is InChI=1S/C18H21N3O2S/c22-16-6-5-13(11-19-16)18(23)21-9-7-12(8-10-21)17-20-14-3-1-2-4-15(14)24-17/h1-4,12-13H,5-11H2,(H,19,22)/t13-/m1/s1. The molecule has 0 saturated carbocycles. The summed E-state index contributed by atoms with van der Waals surface area (Å²) in [6.07, 6.45) is 3.11. The molecule has 2 aromatic rings. The molecule has 1 aromatic heterocycles. The van der Waals surface area contributed by atoms with E-state index in [2.05, 4.69) is 23.5 Å². The van der Waals surface area contributed by atoms with Crippen molar-refractivity contribution in [3.63, 3.8) is 0 Å². The molecule has 2 aliphatic heterocycles. The number of fused-ring (bicyclic) bond motifs is 1. The van der Waals surface area contributed by atoms with Crippen LogP contribution in [0.4, 0.5) is 0 Å². The molecule has 1 aromatic carbocycles. The molecule has 0 aliphatic carbocycles. The molecule has 5 nitrogen and oxygen atoms in total. The Morgan fingerprint density at radius 1 is 1.21 bits per heavy atom. The summed E-state index contributed by atoms with van der Waals surface area (Å²) >= 11 is 1.78. The van der Waals surface area contributed by atoms with E-state index in [-0.39, 0.29) is 17.7 Å². The minimum absolute atomic E-state index is 0.0401. The van der Waals surface area contributed by atoms with Crippen LogP contribution in [-0.2, 0) is 9.59 Å². The zero-order valence-corrected chi connectivity index (χ0v) is 14.3. The zero-order chi connectivity index (χ0) is 16.5. The highest BCUT2D eigenvalue weighted by molar-refractivity contribution is 7.18. The Morgan fingerprint density at radius 2 is 2.00 bits per heavy atom. The van der Waals surface area contributed by atoms with Gasteiger partial charge in [-0.2, -0.15) is 0 Å². The number of carbonyl (C=O) groups excluding carboxylic acids is 2. The second-order valence-electron chi connectivity index (χ2n) is 6.66. The summed E-state index contributed by atoms with van der Waals surface area (Å²) in [4.78, 5) is 30.6. The lowest BCUT2D eigenvalue weighted by Gasteiger charge is -2.34. The largest absolute Gasteiger partial charge is 0.355 e. The monoisotopic (exact) mass is 343 g/mol. The molecule has 3 heterocycles. The van der Waals surface area contributed by atoms with E-state index in [1.54, 1.807) is 11.3 Å². The molecule has 0 bridgehead atoms. The third-order valence-corrected chi connectivity index (χ3v) is 6.28. The van der Waals surface area contributed by atoms with E-state index in [0.29, 0.717) is 25.3 Å². The van der Waals surface area contributed by atoms with E-state index in [4.69, 9.17) is 4.98 Å². The molecule has 1 N–H and O–H groups in total. The van der Waals surface area contributed by atoms with Crippen molar-refractivity contribution in [3.05, 3.63) is 29.3 Å². The Balaban J connectivity index is 1.37. The first-order valence-electron chi connectivity index (χ1n) is 8.61. The number of likely N-dealkylation sites (tertiary alicyclic amines) is 1. The lowest BCUT2D eigenvalue weighted by Crippen LogP contribution is -2.47. The maximum absolute atomic E-state index is 12.6. The number of nitrogens with one attached hydrogen (secondary N) is 1. The fourth-order valence-electron chi connectivity index (χ4n) is 3.61. The normalized spacial score (nSPS) is 22.6. The summed E-state index contributed by atoms with van der Waals surface area (Å²) < 4.78 is 1.24. The predicted octanol–water partition coefficient (Wildman–Crippen LogP) is 2.53. The van der Waals surface area contributed by atoms with Crippen LogP contribution in [0.5, 0.6) is 0 Å². The SMILES string of the molecule is O=C1CC[C@@H](C(=O)N2CCC(c3nc4ccccc4s3)CC2)CN1. The molecule has 2 amide bonds. The summed E-state index contributed by atoms with van der Waals surface area (Å²) in [5, 5.41) is 4.01. The fraction of sp³-hybridized carbons (Fsp3) is 0.500. The molecular weight excluding hydrogens is 322 g/mol. The molecular formula is C18H21N3O2S. The molecule has 0 spiro atoms. The number of rotatable bonds is 2. The maximum Gasteiger partial charge on any atom is 0.227 e. The van der Waals surface area contributed by atoms with Gasteiger partial charge in [0.2, 0.25) is 11.8 Å². The van der Waals surface area contributed by atoms with E-state index >= 15 is 0 Å². The third kappa shape index (κ3) is 3.02. The number of benzene rings is 1. The van der Waals surface area contributed by atoms with Crippen LogP contribution in [-0.4, -0.2) is 41.3 Å². The van der Waals surface area contributed by atoms with Crippen molar-refractivity contribution in [1.29, 1.82) is 0 Å². The fourth-order valence-corrected chi connectivity index (χ4v) is 4.75. The van der Waals surface area contributed by atoms with Crippen LogP contribution in [0.25, 0.3) is 10.2 Å². The molecule has 2 aliphatic rings. The summed E-state index contributed by atoms with van der Waals surface area (Å²) in [5.41, 5.74) is 1.08. The number of thiazole rings is 1. The van der Waals surface area contributed by atoms with Gasteiger partial charge < -0.3 is 10.2 Å². The van der Waals surface area contributed by atoms with E-state index in [0.717, 1.165) is 31.4 Å². The Labute approximate surface area is 145 Å². The first-order valence-corrected chi connectivity index (χ1v) is 9.43. The van der Waals surface area contributed by atoms with Gasteiger partial charge in [0.1, 0.15) is 0 Å². The molecule has 0 unspecified atom stereocenters. The molecule has 2 saturated heterocycles. The van der Waals surface area contributed by atoms with Gasteiger partial charge in [0.15, 0.2) is 0 Å². The van der Waals surface area contributed by atoms with Crippen LogP contribution < -0.4 is 5.32 Å². The Kier molecular flexibility index (Phi) is 4.22. The van der Waals surface area contributed by atoms with Crippen LogP contribution in [0.2, 0.25) is 0 Å². The highest BCUT2D eigenvalue weighted by Crippen LogP contribution is 2.34. The Morgan fingerprint density at radius 3 is 2.71 bits per heavy atom. The lowest BCUT2D eigenvalue weighted by molar-refractivity contribution is -0.138. The highest BCUT2D eigenvalue weighted by Gasteiger charge is 2.31. The summed E-state index contributed by atoms with van der Waals surface area (Å²) in [6, 6.07) is 8.25. The molecule has 0 radical (unpaired) electrons.